The summed E-state index contributed by atoms with van der Waals surface area (Å²) in [7, 11) is 0. The van der Waals surface area contributed by atoms with Crippen LogP contribution in [0.4, 0.5) is 5.00 Å². The number of hydrogen-bond donors (Lipinski definition) is 3. The van der Waals surface area contributed by atoms with Crippen molar-refractivity contribution in [2.24, 2.45) is 5.92 Å². The zero-order valence-corrected chi connectivity index (χ0v) is 17.6. The number of nitrogens with one attached hydrogen (secondary N) is 3. The highest BCUT2D eigenvalue weighted by Crippen LogP contribution is 2.26. The van der Waals surface area contributed by atoms with E-state index in [1.807, 2.05) is 17.5 Å². The summed E-state index contributed by atoms with van der Waals surface area (Å²) in [5.74, 6) is 0.126. The van der Waals surface area contributed by atoms with E-state index in [1.165, 1.54) is 22.5 Å². The Bertz CT molecular complexity index is 867. The molecule has 1 aliphatic heterocycles. The van der Waals surface area contributed by atoms with E-state index in [-0.39, 0.29) is 30.3 Å². The van der Waals surface area contributed by atoms with Gasteiger partial charge in [0.05, 0.1) is 5.56 Å². The van der Waals surface area contributed by atoms with Crippen LogP contribution in [-0.4, -0.2) is 30.9 Å². The van der Waals surface area contributed by atoms with Crippen molar-refractivity contribution in [2.75, 3.05) is 18.4 Å². The molecule has 2 unspecified atom stereocenters. The third-order valence-electron chi connectivity index (χ3n) is 5.60. The maximum Gasteiger partial charge on any atom is 0.256 e. The number of rotatable bonds is 4. The largest absolute Gasteiger partial charge is 0.349 e. The fourth-order valence-corrected chi connectivity index (χ4v) is 4.73. The van der Waals surface area contributed by atoms with Crippen molar-refractivity contribution < 1.29 is 9.59 Å². The lowest BCUT2D eigenvalue weighted by atomic mass is 9.95. The van der Waals surface area contributed by atoms with Crippen LogP contribution >= 0.6 is 23.7 Å². The Morgan fingerprint density at radius 3 is 2.79 bits per heavy atom. The monoisotopic (exact) mass is 419 g/mol. The number of carbonyl (C=O) groups excluding carboxylic acids is 2. The van der Waals surface area contributed by atoms with E-state index in [1.54, 1.807) is 6.07 Å². The zero-order chi connectivity index (χ0) is 18.8. The van der Waals surface area contributed by atoms with Crippen molar-refractivity contribution in [3.8, 4) is 0 Å². The Hall–Kier alpha value is -1.89. The van der Waals surface area contributed by atoms with Crippen LogP contribution in [0.1, 0.15) is 51.6 Å². The summed E-state index contributed by atoms with van der Waals surface area (Å²) in [6, 6.07) is 7.87. The van der Waals surface area contributed by atoms with Gasteiger partial charge in [-0.2, -0.15) is 0 Å². The van der Waals surface area contributed by atoms with E-state index < -0.39 is 0 Å². The second kappa shape index (κ2) is 9.07. The maximum absolute atomic E-state index is 12.7. The van der Waals surface area contributed by atoms with Crippen molar-refractivity contribution >= 4 is 40.6 Å². The number of piperidine rings is 1. The van der Waals surface area contributed by atoms with Gasteiger partial charge in [0.1, 0.15) is 5.00 Å². The van der Waals surface area contributed by atoms with E-state index >= 15 is 0 Å². The minimum atomic E-state index is -0.156. The lowest BCUT2D eigenvalue weighted by Crippen LogP contribution is -2.48. The maximum atomic E-state index is 12.7. The minimum absolute atomic E-state index is 0. The van der Waals surface area contributed by atoms with Gasteiger partial charge in [-0.3, -0.25) is 9.59 Å². The molecule has 150 valence electrons. The molecular formula is C21H26ClN3O2S. The molecule has 0 spiro atoms. The van der Waals surface area contributed by atoms with Crippen molar-refractivity contribution in [3.63, 3.8) is 0 Å². The van der Waals surface area contributed by atoms with Gasteiger partial charge in [0.25, 0.3) is 11.8 Å². The highest BCUT2D eigenvalue weighted by molar-refractivity contribution is 7.14. The van der Waals surface area contributed by atoms with Crippen molar-refractivity contribution in [3.05, 3.63) is 51.9 Å². The third kappa shape index (κ3) is 4.40. The number of thiophene rings is 1. The number of hydrogen-bond acceptors (Lipinski definition) is 4. The molecule has 1 aromatic heterocycles. The van der Waals surface area contributed by atoms with Crippen LogP contribution in [0.25, 0.3) is 0 Å². The first kappa shape index (κ1) is 20.8. The van der Waals surface area contributed by atoms with Crippen LogP contribution in [0.3, 0.4) is 0 Å². The van der Waals surface area contributed by atoms with Crippen molar-refractivity contribution in [1.29, 1.82) is 0 Å². The predicted molar refractivity (Wildman–Crippen MR) is 116 cm³/mol. The van der Waals surface area contributed by atoms with E-state index in [4.69, 9.17) is 0 Å². The minimum Gasteiger partial charge on any atom is -0.349 e. The Kier molecular flexibility index (Phi) is 6.75. The summed E-state index contributed by atoms with van der Waals surface area (Å²) in [5, 5.41) is 11.9. The molecule has 2 amide bonds. The van der Waals surface area contributed by atoms with Gasteiger partial charge in [0.15, 0.2) is 0 Å². The average molecular weight is 420 g/mol. The summed E-state index contributed by atoms with van der Waals surface area (Å²) in [4.78, 5) is 25.4. The van der Waals surface area contributed by atoms with Crippen LogP contribution in [-0.2, 0) is 12.8 Å². The second-order valence-corrected chi connectivity index (χ2v) is 8.42. The van der Waals surface area contributed by atoms with Crippen LogP contribution < -0.4 is 16.0 Å². The quantitative estimate of drug-likeness (QED) is 0.708. The lowest BCUT2D eigenvalue weighted by Gasteiger charge is -2.30. The van der Waals surface area contributed by atoms with E-state index in [0.717, 1.165) is 38.8 Å². The molecule has 0 bridgehead atoms. The molecule has 7 heteroatoms. The highest BCUT2D eigenvalue weighted by Gasteiger charge is 2.25. The Balaban J connectivity index is 0.00000225. The number of carbonyl (C=O) groups is 2. The molecule has 0 saturated carbocycles. The van der Waals surface area contributed by atoms with Gasteiger partial charge in [-0.15, -0.1) is 23.7 Å². The summed E-state index contributed by atoms with van der Waals surface area (Å²) in [5.41, 5.74) is 3.81. The molecule has 2 aromatic rings. The van der Waals surface area contributed by atoms with Crippen LogP contribution in [0, 0.1) is 5.92 Å². The molecule has 1 saturated heterocycles. The number of amides is 2. The SMILES string of the molecule is CC1CNCCC1NC(=O)c1ccsc1NC(=O)c1ccc2c(c1)CCC2.Cl. The molecule has 5 nitrogen and oxygen atoms in total. The van der Waals surface area contributed by atoms with Gasteiger partial charge in [-0.05, 0) is 79.4 Å². The molecule has 4 rings (SSSR count). The fraction of sp³-hybridized carbons (Fsp3) is 0.429. The number of fused-ring (bicyclic) bond motifs is 1. The van der Waals surface area contributed by atoms with Gasteiger partial charge in [-0.1, -0.05) is 13.0 Å². The lowest BCUT2D eigenvalue weighted by molar-refractivity contribution is 0.0915. The smallest absolute Gasteiger partial charge is 0.256 e. The molecule has 1 aromatic carbocycles. The van der Waals surface area contributed by atoms with Gasteiger partial charge in [-0.25, -0.2) is 0 Å². The Morgan fingerprint density at radius 2 is 1.96 bits per heavy atom. The number of halogens is 1. The van der Waals surface area contributed by atoms with Crippen LogP contribution in [0.15, 0.2) is 29.6 Å². The predicted octanol–water partition coefficient (Wildman–Crippen LogP) is 3.64. The highest BCUT2D eigenvalue weighted by atomic mass is 35.5. The van der Waals surface area contributed by atoms with Gasteiger partial charge in [0.2, 0.25) is 0 Å². The fourth-order valence-electron chi connectivity index (χ4n) is 3.95. The van der Waals surface area contributed by atoms with Gasteiger partial charge >= 0.3 is 0 Å². The summed E-state index contributed by atoms with van der Waals surface area (Å²) < 4.78 is 0. The van der Waals surface area contributed by atoms with Gasteiger partial charge < -0.3 is 16.0 Å². The first-order chi connectivity index (χ1) is 13.1. The molecule has 3 N–H and O–H groups in total. The summed E-state index contributed by atoms with van der Waals surface area (Å²) in [6.07, 6.45) is 4.22. The molecule has 28 heavy (non-hydrogen) atoms. The van der Waals surface area contributed by atoms with Crippen molar-refractivity contribution in [1.82, 2.24) is 10.6 Å². The van der Waals surface area contributed by atoms with E-state index in [2.05, 4.69) is 28.9 Å². The normalized spacial score (nSPS) is 20.8. The Labute approximate surface area is 175 Å². The van der Waals surface area contributed by atoms with E-state index in [0.29, 0.717) is 22.0 Å². The summed E-state index contributed by atoms with van der Waals surface area (Å²) >= 11 is 1.38. The molecule has 2 heterocycles. The zero-order valence-electron chi connectivity index (χ0n) is 15.9. The second-order valence-electron chi connectivity index (χ2n) is 7.50. The Morgan fingerprint density at radius 1 is 1.14 bits per heavy atom. The third-order valence-corrected chi connectivity index (χ3v) is 6.43. The first-order valence-electron chi connectivity index (χ1n) is 9.64. The molecule has 1 aliphatic carbocycles. The van der Waals surface area contributed by atoms with E-state index in [9.17, 15) is 9.59 Å². The molecule has 2 atom stereocenters. The number of aryl methyl sites for hydroxylation is 2. The van der Waals surface area contributed by atoms with Gasteiger partial charge in [0, 0.05) is 11.6 Å². The topological polar surface area (TPSA) is 70.2 Å². The van der Waals surface area contributed by atoms with Crippen LogP contribution in [0.2, 0.25) is 0 Å². The molecule has 0 radical (unpaired) electrons. The molecule has 1 fully saturated rings. The molecule has 2 aliphatic rings. The standard InChI is InChI=1S/C21H25N3O2S.ClH/c1-13-12-22-9-7-18(13)23-20(26)17-8-10-27-21(17)24-19(25)16-6-5-14-3-2-4-15(14)11-16;/h5-6,8,10-11,13,18,22H,2-4,7,9,12H2,1H3,(H,23,26)(H,24,25);1H. The molecular weight excluding hydrogens is 394 g/mol. The van der Waals surface area contributed by atoms with Crippen LogP contribution in [0.5, 0.6) is 0 Å². The first-order valence-corrected chi connectivity index (χ1v) is 10.5. The number of benzene rings is 1. The number of anilines is 1. The average Bonchev–Trinajstić information content (AvgIpc) is 3.32. The summed E-state index contributed by atoms with van der Waals surface area (Å²) in [6.45, 7) is 3.97. The van der Waals surface area contributed by atoms with Crippen molar-refractivity contribution in [2.45, 2.75) is 38.6 Å².